The van der Waals surface area contributed by atoms with Crippen LogP contribution >= 0.6 is 0 Å². The first-order valence-electron chi connectivity index (χ1n) is 10.4. The Labute approximate surface area is 163 Å². The van der Waals surface area contributed by atoms with Crippen LogP contribution in [-0.2, 0) is 0 Å². The molecular formula is C24H31NO2. The van der Waals surface area contributed by atoms with Crippen LogP contribution in [0.15, 0.2) is 54.6 Å². The molecule has 1 aliphatic carbocycles. The number of hydrogen-bond acceptors (Lipinski definition) is 3. The van der Waals surface area contributed by atoms with Crippen LogP contribution in [0.25, 0.3) is 0 Å². The van der Waals surface area contributed by atoms with E-state index in [4.69, 9.17) is 9.47 Å². The molecule has 3 nitrogen and oxygen atoms in total. The summed E-state index contributed by atoms with van der Waals surface area (Å²) in [5.74, 6) is 2.67. The highest BCUT2D eigenvalue weighted by Gasteiger charge is 2.48. The SMILES string of the molecule is CN(CCCOc1ccccc1)CCC12CCCCC1c1ccccc1O2. The fourth-order valence-corrected chi connectivity index (χ4v) is 4.73. The summed E-state index contributed by atoms with van der Waals surface area (Å²) in [6, 6.07) is 18.8. The van der Waals surface area contributed by atoms with Gasteiger partial charge < -0.3 is 14.4 Å². The summed E-state index contributed by atoms with van der Waals surface area (Å²) in [6.07, 6.45) is 7.24. The van der Waals surface area contributed by atoms with E-state index in [9.17, 15) is 0 Å². The lowest BCUT2D eigenvalue weighted by molar-refractivity contribution is 0.0195. The zero-order valence-corrected chi connectivity index (χ0v) is 16.4. The lowest BCUT2D eigenvalue weighted by Gasteiger charge is -2.39. The van der Waals surface area contributed by atoms with E-state index in [1.165, 1.54) is 31.2 Å². The van der Waals surface area contributed by atoms with Crippen molar-refractivity contribution >= 4 is 0 Å². The Kier molecular flexibility index (Phi) is 5.68. The maximum Gasteiger partial charge on any atom is 0.123 e. The second-order valence-electron chi connectivity index (χ2n) is 8.07. The third kappa shape index (κ3) is 4.14. The third-order valence-corrected chi connectivity index (χ3v) is 6.20. The molecule has 0 radical (unpaired) electrons. The Balaban J connectivity index is 1.26. The number of nitrogens with zero attached hydrogens (tertiary/aromatic N) is 1. The molecule has 144 valence electrons. The van der Waals surface area contributed by atoms with Gasteiger partial charge in [-0.1, -0.05) is 42.8 Å². The minimum absolute atomic E-state index is 0.0245. The normalized spacial score (nSPS) is 23.6. The summed E-state index contributed by atoms with van der Waals surface area (Å²) < 4.78 is 12.4. The highest BCUT2D eigenvalue weighted by atomic mass is 16.5. The van der Waals surface area contributed by atoms with Crippen molar-refractivity contribution in [2.75, 3.05) is 26.7 Å². The summed E-state index contributed by atoms with van der Waals surface area (Å²) in [4.78, 5) is 2.43. The van der Waals surface area contributed by atoms with Gasteiger partial charge in [0.15, 0.2) is 0 Å². The molecule has 0 bridgehead atoms. The average molecular weight is 366 g/mol. The number of ether oxygens (including phenoxy) is 2. The maximum atomic E-state index is 6.58. The van der Waals surface area contributed by atoms with E-state index < -0.39 is 0 Å². The van der Waals surface area contributed by atoms with E-state index in [0.29, 0.717) is 5.92 Å². The number of para-hydroxylation sites is 2. The van der Waals surface area contributed by atoms with Gasteiger partial charge in [-0.2, -0.15) is 0 Å². The molecule has 27 heavy (non-hydrogen) atoms. The van der Waals surface area contributed by atoms with Gasteiger partial charge in [0.05, 0.1) is 6.61 Å². The van der Waals surface area contributed by atoms with Gasteiger partial charge in [-0.25, -0.2) is 0 Å². The van der Waals surface area contributed by atoms with Crippen molar-refractivity contribution < 1.29 is 9.47 Å². The highest BCUT2D eigenvalue weighted by Crippen LogP contribution is 2.53. The summed E-state index contributed by atoms with van der Waals surface area (Å²) in [7, 11) is 2.22. The predicted octanol–water partition coefficient (Wildman–Crippen LogP) is 5.27. The molecule has 2 aromatic rings. The van der Waals surface area contributed by atoms with Crippen LogP contribution in [0, 0.1) is 0 Å². The second-order valence-corrected chi connectivity index (χ2v) is 8.07. The first-order valence-corrected chi connectivity index (χ1v) is 10.4. The van der Waals surface area contributed by atoms with Crippen molar-refractivity contribution in [3.8, 4) is 11.5 Å². The number of benzene rings is 2. The van der Waals surface area contributed by atoms with E-state index >= 15 is 0 Å². The monoisotopic (exact) mass is 365 g/mol. The van der Waals surface area contributed by atoms with Crippen molar-refractivity contribution in [2.24, 2.45) is 0 Å². The van der Waals surface area contributed by atoms with Gasteiger partial charge in [-0.3, -0.25) is 0 Å². The zero-order valence-electron chi connectivity index (χ0n) is 16.4. The first kappa shape index (κ1) is 18.4. The molecule has 1 aliphatic heterocycles. The van der Waals surface area contributed by atoms with Crippen molar-refractivity contribution in [3.05, 3.63) is 60.2 Å². The number of hydrogen-bond donors (Lipinski definition) is 0. The van der Waals surface area contributed by atoms with Gasteiger partial charge in [-0.05, 0) is 50.9 Å². The highest BCUT2D eigenvalue weighted by molar-refractivity contribution is 5.43. The summed E-state index contributed by atoms with van der Waals surface area (Å²) in [5, 5.41) is 0. The van der Waals surface area contributed by atoms with Crippen LogP contribution < -0.4 is 9.47 Å². The first-order chi connectivity index (χ1) is 13.3. The molecule has 3 heteroatoms. The van der Waals surface area contributed by atoms with Crippen molar-refractivity contribution in [1.82, 2.24) is 4.90 Å². The molecule has 1 heterocycles. The Hall–Kier alpha value is -2.00. The lowest BCUT2D eigenvalue weighted by Crippen LogP contribution is -2.43. The minimum Gasteiger partial charge on any atom is -0.494 e. The van der Waals surface area contributed by atoms with Gasteiger partial charge in [0.2, 0.25) is 0 Å². The molecule has 2 unspecified atom stereocenters. The van der Waals surface area contributed by atoms with Crippen LogP contribution in [0.4, 0.5) is 0 Å². The van der Waals surface area contributed by atoms with E-state index in [0.717, 1.165) is 44.0 Å². The molecule has 0 aromatic heterocycles. The van der Waals surface area contributed by atoms with E-state index in [2.05, 4.69) is 36.2 Å². The van der Waals surface area contributed by atoms with E-state index in [-0.39, 0.29) is 5.60 Å². The van der Waals surface area contributed by atoms with Gasteiger partial charge >= 0.3 is 0 Å². The van der Waals surface area contributed by atoms with Gasteiger partial charge in [0, 0.05) is 31.0 Å². The lowest BCUT2D eigenvalue weighted by atomic mass is 9.72. The fourth-order valence-electron chi connectivity index (χ4n) is 4.73. The quantitative estimate of drug-likeness (QED) is 0.595. The molecule has 1 fully saturated rings. The van der Waals surface area contributed by atoms with Gasteiger partial charge in [0.25, 0.3) is 0 Å². The van der Waals surface area contributed by atoms with Crippen LogP contribution in [0.2, 0.25) is 0 Å². The topological polar surface area (TPSA) is 21.7 Å². The Morgan fingerprint density at radius 2 is 1.85 bits per heavy atom. The van der Waals surface area contributed by atoms with Crippen LogP contribution in [0.3, 0.4) is 0 Å². The van der Waals surface area contributed by atoms with Crippen molar-refractivity contribution in [1.29, 1.82) is 0 Å². The number of rotatable bonds is 8. The molecule has 4 rings (SSSR count). The molecule has 0 saturated heterocycles. The molecule has 0 N–H and O–H groups in total. The van der Waals surface area contributed by atoms with Crippen molar-refractivity contribution in [3.63, 3.8) is 0 Å². The summed E-state index contributed by atoms with van der Waals surface area (Å²) in [6.45, 7) is 2.90. The van der Waals surface area contributed by atoms with Crippen LogP contribution in [0.5, 0.6) is 11.5 Å². The largest absolute Gasteiger partial charge is 0.494 e. The standard InChI is InChI=1S/C24H31NO2/c1-25(17-9-19-26-20-10-3-2-4-11-20)18-16-24-15-8-7-13-22(24)21-12-5-6-14-23(21)27-24/h2-6,10-12,14,22H,7-9,13,15-19H2,1H3. The van der Waals surface area contributed by atoms with Crippen molar-refractivity contribution in [2.45, 2.75) is 50.0 Å². The molecule has 0 amide bonds. The zero-order chi connectivity index (χ0) is 18.5. The Bertz CT molecular complexity index is 732. The summed E-state index contributed by atoms with van der Waals surface area (Å²) >= 11 is 0. The number of fused-ring (bicyclic) bond motifs is 3. The fraction of sp³-hybridized carbons (Fsp3) is 0.500. The van der Waals surface area contributed by atoms with Gasteiger partial charge in [-0.15, -0.1) is 0 Å². The second kappa shape index (κ2) is 8.35. The minimum atomic E-state index is 0.0245. The van der Waals surface area contributed by atoms with E-state index in [1.54, 1.807) is 0 Å². The van der Waals surface area contributed by atoms with E-state index in [1.807, 2.05) is 30.3 Å². The Morgan fingerprint density at radius 1 is 1.04 bits per heavy atom. The molecule has 0 spiro atoms. The van der Waals surface area contributed by atoms with Crippen LogP contribution in [0.1, 0.15) is 50.0 Å². The molecule has 2 aliphatic rings. The molecule has 2 atom stereocenters. The summed E-state index contributed by atoms with van der Waals surface area (Å²) in [5.41, 5.74) is 1.47. The Morgan fingerprint density at radius 3 is 2.74 bits per heavy atom. The molecular weight excluding hydrogens is 334 g/mol. The molecule has 2 aromatic carbocycles. The predicted molar refractivity (Wildman–Crippen MR) is 110 cm³/mol. The average Bonchev–Trinajstić information content (AvgIpc) is 3.05. The van der Waals surface area contributed by atoms with Gasteiger partial charge in [0.1, 0.15) is 17.1 Å². The third-order valence-electron chi connectivity index (χ3n) is 6.20. The smallest absolute Gasteiger partial charge is 0.123 e. The van der Waals surface area contributed by atoms with Crippen LogP contribution in [-0.4, -0.2) is 37.2 Å². The molecule has 1 saturated carbocycles. The maximum absolute atomic E-state index is 6.58.